The highest BCUT2D eigenvalue weighted by atomic mass is 79.9. The molecule has 0 bridgehead atoms. The highest BCUT2D eigenvalue weighted by Gasteiger charge is 2.37. The molecule has 0 amide bonds. The molecule has 1 saturated heterocycles. The number of rotatable bonds is 5. The Morgan fingerprint density at radius 2 is 2.33 bits per heavy atom. The Labute approximate surface area is 133 Å². The van der Waals surface area contributed by atoms with E-state index in [2.05, 4.69) is 33.3 Å². The van der Waals surface area contributed by atoms with E-state index in [1.165, 1.54) is 4.68 Å². The van der Waals surface area contributed by atoms with Gasteiger partial charge in [0.1, 0.15) is 4.47 Å². The van der Waals surface area contributed by atoms with E-state index in [0.29, 0.717) is 11.0 Å². The van der Waals surface area contributed by atoms with Crippen LogP contribution in [-0.4, -0.2) is 53.6 Å². The summed E-state index contributed by atoms with van der Waals surface area (Å²) in [6.45, 7) is 6.22. The Kier molecular flexibility index (Phi) is 5.06. The number of nitrogens with one attached hydrogen (secondary N) is 1. The second-order valence-corrected chi connectivity index (χ2v) is 6.80. The first-order chi connectivity index (χ1) is 9.83. The number of ether oxygens (including phenoxy) is 1. The quantitative estimate of drug-likeness (QED) is 0.865. The fraction of sp³-hybridized carbons (Fsp3) is 0.714. The van der Waals surface area contributed by atoms with Crippen molar-refractivity contribution < 1.29 is 4.74 Å². The molecular formula is C14H23BrN4O2. The van der Waals surface area contributed by atoms with Crippen LogP contribution in [0.2, 0.25) is 0 Å². The zero-order chi connectivity index (χ0) is 15.6. The molecule has 2 unspecified atom stereocenters. The van der Waals surface area contributed by atoms with Crippen LogP contribution < -0.4 is 10.9 Å². The van der Waals surface area contributed by atoms with E-state index in [4.69, 9.17) is 4.74 Å². The minimum atomic E-state index is -0.174. The molecule has 1 aromatic rings. The lowest BCUT2D eigenvalue weighted by Crippen LogP contribution is -2.42. The van der Waals surface area contributed by atoms with Gasteiger partial charge in [-0.25, -0.2) is 4.68 Å². The molecule has 1 aliphatic rings. The molecule has 0 saturated carbocycles. The van der Waals surface area contributed by atoms with Crippen LogP contribution in [0.25, 0.3) is 0 Å². The Hall–Kier alpha value is -0.920. The van der Waals surface area contributed by atoms with E-state index < -0.39 is 0 Å². The predicted molar refractivity (Wildman–Crippen MR) is 86.8 cm³/mol. The third-order valence-electron chi connectivity index (χ3n) is 4.05. The molecule has 21 heavy (non-hydrogen) atoms. The number of likely N-dealkylation sites (N-methyl/N-ethyl adjacent to an activating group) is 1. The second kappa shape index (κ2) is 6.46. The smallest absolute Gasteiger partial charge is 0.283 e. The first kappa shape index (κ1) is 16.5. The van der Waals surface area contributed by atoms with Crippen molar-refractivity contribution in [1.29, 1.82) is 0 Å². The van der Waals surface area contributed by atoms with E-state index in [-0.39, 0.29) is 17.2 Å². The van der Waals surface area contributed by atoms with Crippen LogP contribution in [-0.2, 0) is 11.3 Å². The number of aromatic nitrogens is 2. The normalized spacial score (nSPS) is 25.5. The van der Waals surface area contributed by atoms with Gasteiger partial charge in [-0.05, 0) is 50.3 Å². The summed E-state index contributed by atoms with van der Waals surface area (Å²) in [4.78, 5) is 14.3. The minimum absolute atomic E-state index is 0.0978. The number of hydrogen-bond donors (Lipinski definition) is 1. The van der Waals surface area contributed by atoms with Gasteiger partial charge in [0, 0.05) is 13.2 Å². The van der Waals surface area contributed by atoms with Crippen molar-refractivity contribution in [3.8, 4) is 0 Å². The van der Waals surface area contributed by atoms with Crippen LogP contribution >= 0.6 is 15.9 Å². The molecule has 0 spiro atoms. The molecule has 1 aliphatic heterocycles. The summed E-state index contributed by atoms with van der Waals surface area (Å²) < 4.78 is 7.62. The molecule has 2 atom stereocenters. The third-order valence-corrected chi connectivity index (χ3v) is 4.82. The van der Waals surface area contributed by atoms with Crippen LogP contribution in [0.3, 0.4) is 0 Å². The molecule has 1 N–H and O–H groups in total. The van der Waals surface area contributed by atoms with Crippen molar-refractivity contribution in [3.05, 3.63) is 21.0 Å². The van der Waals surface area contributed by atoms with Gasteiger partial charge in [0.25, 0.3) is 5.56 Å². The lowest BCUT2D eigenvalue weighted by molar-refractivity contribution is 0.105. The summed E-state index contributed by atoms with van der Waals surface area (Å²) in [6, 6.07) is 0. The van der Waals surface area contributed by atoms with Gasteiger partial charge in [0.2, 0.25) is 0 Å². The van der Waals surface area contributed by atoms with Crippen molar-refractivity contribution >= 4 is 21.6 Å². The summed E-state index contributed by atoms with van der Waals surface area (Å²) in [5.41, 5.74) is 0.435. The van der Waals surface area contributed by atoms with Gasteiger partial charge in [-0.2, -0.15) is 5.10 Å². The second-order valence-electron chi connectivity index (χ2n) is 6.01. The van der Waals surface area contributed by atoms with E-state index in [0.717, 1.165) is 25.3 Å². The molecule has 1 aromatic heterocycles. The van der Waals surface area contributed by atoms with Crippen LogP contribution in [0.4, 0.5) is 5.69 Å². The maximum absolute atomic E-state index is 12.3. The SMILES string of the molecule is CC1OCCC1(C)Nc1cnn(CCN(C)C)c(=O)c1Br. The average molecular weight is 359 g/mol. The molecule has 0 aromatic carbocycles. The number of anilines is 1. The molecular weight excluding hydrogens is 336 g/mol. The summed E-state index contributed by atoms with van der Waals surface area (Å²) in [6.07, 6.45) is 2.71. The fourth-order valence-corrected chi connectivity index (χ4v) is 2.72. The van der Waals surface area contributed by atoms with Crippen LogP contribution in [0, 0.1) is 0 Å². The highest BCUT2D eigenvalue weighted by molar-refractivity contribution is 9.10. The Morgan fingerprint density at radius 3 is 2.90 bits per heavy atom. The van der Waals surface area contributed by atoms with Crippen LogP contribution in [0.1, 0.15) is 20.3 Å². The fourth-order valence-electron chi connectivity index (χ4n) is 2.31. The van der Waals surface area contributed by atoms with Crippen molar-refractivity contribution in [1.82, 2.24) is 14.7 Å². The Bertz CT molecular complexity index is 560. The lowest BCUT2D eigenvalue weighted by atomic mass is 9.94. The van der Waals surface area contributed by atoms with Gasteiger partial charge in [-0.15, -0.1) is 0 Å². The number of hydrogen-bond acceptors (Lipinski definition) is 5. The number of nitrogens with zero attached hydrogens (tertiary/aromatic N) is 3. The largest absolute Gasteiger partial charge is 0.376 e. The standard InChI is InChI=1S/C14H23BrN4O2/c1-10-14(2,5-8-21-10)17-11-9-16-19(7-6-18(3)4)13(20)12(11)15/h9-10,17H,5-8H2,1-4H3. The van der Waals surface area contributed by atoms with E-state index >= 15 is 0 Å². The van der Waals surface area contributed by atoms with Gasteiger partial charge in [0.05, 0.1) is 30.1 Å². The van der Waals surface area contributed by atoms with E-state index in [1.807, 2.05) is 25.9 Å². The minimum Gasteiger partial charge on any atom is -0.376 e. The van der Waals surface area contributed by atoms with Gasteiger partial charge >= 0.3 is 0 Å². The Morgan fingerprint density at radius 1 is 1.62 bits per heavy atom. The highest BCUT2D eigenvalue weighted by Crippen LogP contribution is 2.31. The maximum Gasteiger partial charge on any atom is 0.283 e. The molecule has 7 heteroatoms. The van der Waals surface area contributed by atoms with Crippen LogP contribution in [0.15, 0.2) is 15.5 Å². The summed E-state index contributed by atoms with van der Waals surface area (Å²) in [5, 5.41) is 7.66. The molecule has 6 nitrogen and oxygen atoms in total. The first-order valence-electron chi connectivity index (χ1n) is 7.13. The summed E-state index contributed by atoms with van der Waals surface area (Å²) >= 11 is 3.40. The Balaban J connectivity index is 2.19. The molecule has 0 aliphatic carbocycles. The van der Waals surface area contributed by atoms with Crippen LogP contribution in [0.5, 0.6) is 0 Å². The molecule has 2 heterocycles. The molecule has 2 rings (SSSR count). The average Bonchev–Trinajstić information content (AvgIpc) is 2.74. The van der Waals surface area contributed by atoms with Crippen molar-refractivity contribution in [2.24, 2.45) is 0 Å². The zero-order valence-electron chi connectivity index (χ0n) is 13.0. The first-order valence-corrected chi connectivity index (χ1v) is 7.93. The number of halogens is 1. The van der Waals surface area contributed by atoms with Crippen molar-refractivity contribution in [2.45, 2.75) is 38.5 Å². The zero-order valence-corrected chi connectivity index (χ0v) is 14.6. The monoisotopic (exact) mass is 358 g/mol. The van der Waals surface area contributed by atoms with Gasteiger partial charge in [-0.3, -0.25) is 4.79 Å². The lowest BCUT2D eigenvalue weighted by Gasteiger charge is -2.30. The predicted octanol–water partition coefficient (Wildman–Crippen LogP) is 1.55. The summed E-state index contributed by atoms with van der Waals surface area (Å²) in [5.74, 6) is 0. The topological polar surface area (TPSA) is 59.4 Å². The maximum atomic E-state index is 12.3. The molecule has 1 fully saturated rings. The van der Waals surface area contributed by atoms with Crippen molar-refractivity contribution in [2.75, 3.05) is 32.6 Å². The van der Waals surface area contributed by atoms with Crippen molar-refractivity contribution in [3.63, 3.8) is 0 Å². The molecule has 0 radical (unpaired) electrons. The van der Waals surface area contributed by atoms with Gasteiger partial charge in [-0.1, -0.05) is 0 Å². The summed E-state index contributed by atoms with van der Waals surface area (Å²) in [7, 11) is 3.94. The van der Waals surface area contributed by atoms with E-state index in [1.54, 1.807) is 6.20 Å². The van der Waals surface area contributed by atoms with Gasteiger partial charge in [0.15, 0.2) is 0 Å². The molecule has 118 valence electrons. The third kappa shape index (κ3) is 3.64. The van der Waals surface area contributed by atoms with E-state index in [9.17, 15) is 4.79 Å². The van der Waals surface area contributed by atoms with Gasteiger partial charge < -0.3 is 15.0 Å².